The van der Waals surface area contributed by atoms with Crippen molar-refractivity contribution < 1.29 is 5.11 Å². The highest BCUT2D eigenvalue weighted by molar-refractivity contribution is 5.17. The Kier molecular flexibility index (Phi) is 2.23. The standard InChI is InChI=1S/C7H9N2O/c8-4-3-6-1-2-7(10)5-9-6/h1-2,5,8,10H,3-4H2. The molecule has 0 aliphatic carbocycles. The fraction of sp³-hybridized carbons (Fsp3) is 0.286. The van der Waals surface area contributed by atoms with Crippen molar-refractivity contribution in [3.8, 4) is 5.75 Å². The van der Waals surface area contributed by atoms with E-state index in [0.29, 0.717) is 13.0 Å². The van der Waals surface area contributed by atoms with E-state index in [4.69, 9.17) is 10.8 Å². The highest BCUT2D eigenvalue weighted by atomic mass is 16.3. The van der Waals surface area contributed by atoms with Gasteiger partial charge in [-0.2, -0.15) is 0 Å². The van der Waals surface area contributed by atoms with Crippen molar-refractivity contribution in [2.75, 3.05) is 6.54 Å². The summed E-state index contributed by atoms with van der Waals surface area (Å²) >= 11 is 0. The van der Waals surface area contributed by atoms with Gasteiger partial charge in [0.1, 0.15) is 5.75 Å². The summed E-state index contributed by atoms with van der Waals surface area (Å²) in [5, 5.41) is 8.82. The third kappa shape index (κ3) is 1.70. The summed E-state index contributed by atoms with van der Waals surface area (Å²) < 4.78 is 0. The van der Waals surface area contributed by atoms with Gasteiger partial charge in [0.25, 0.3) is 0 Å². The predicted octanol–water partition coefficient (Wildman–Crippen LogP) is 0.613. The van der Waals surface area contributed by atoms with Crippen LogP contribution in [-0.2, 0) is 6.42 Å². The van der Waals surface area contributed by atoms with Crippen molar-refractivity contribution in [3.05, 3.63) is 24.0 Å². The number of nitrogens with one attached hydrogen (secondary N) is 1. The van der Waals surface area contributed by atoms with Crippen LogP contribution >= 0.6 is 0 Å². The summed E-state index contributed by atoms with van der Waals surface area (Å²) in [6, 6.07) is 3.31. The molecule has 3 nitrogen and oxygen atoms in total. The first kappa shape index (κ1) is 7.02. The van der Waals surface area contributed by atoms with Gasteiger partial charge < -0.3 is 5.11 Å². The number of hydrogen-bond acceptors (Lipinski definition) is 2. The highest BCUT2D eigenvalue weighted by Gasteiger charge is 1.91. The van der Waals surface area contributed by atoms with Gasteiger partial charge in [-0.25, -0.2) is 0 Å². The molecule has 1 radical (unpaired) electrons. The molecule has 0 aromatic carbocycles. The van der Waals surface area contributed by atoms with Crippen molar-refractivity contribution >= 4 is 0 Å². The number of pyridine rings is 1. The zero-order chi connectivity index (χ0) is 7.40. The van der Waals surface area contributed by atoms with Crippen molar-refractivity contribution in [1.82, 2.24) is 10.7 Å². The van der Waals surface area contributed by atoms with Crippen LogP contribution in [0.15, 0.2) is 18.3 Å². The number of aromatic nitrogens is 1. The molecule has 0 saturated heterocycles. The van der Waals surface area contributed by atoms with Crippen molar-refractivity contribution in [2.24, 2.45) is 0 Å². The molecule has 0 aliphatic heterocycles. The molecular formula is C7H9N2O. The Morgan fingerprint density at radius 2 is 2.30 bits per heavy atom. The Hall–Kier alpha value is -1.09. The normalized spacial score (nSPS) is 9.70. The van der Waals surface area contributed by atoms with Crippen LogP contribution in [0.2, 0.25) is 0 Å². The smallest absolute Gasteiger partial charge is 0.133 e. The van der Waals surface area contributed by atoms with Crippen molar-refractivity contribution in [1.29, 1.82) is 0 Å². The lowest BCUT2D eigenvalue weighted by Gasteiger charge is -1.95. The van der Waals surface area contributed by atoms with Crippen LogP contribution in [0.5, 0.6) is 5.75 Å². The Morgan fingerprint density at radius 1 is 1.50 bits per heavy atom. The summed E-state index contributed by atoms with van der Waals surface area (Å²) in [6.07, 6.45) is 2.05. The maximum atomic E-state index is 8.82. The Balaban J connectivity index is 2.69. The number of nitrogens with zero attached hydrogens (tertiary/aromatic N) is 1. The lowest BCUT2D eigenvalue weighted by atomic mass is 10.3. The van der Waals surface area contributed by atoms with E-state index in [2.05, 4.69) is 4.98 Å². The Labute approximate surface area is 59.5 Å². The molecule has 10 heavy (non-hydrogen) atoms. The molecule has 0 spiro atoms. The molecule has 1 heterocycles. The zero-order valence-corrected chi connectivity index (χ0v) is 5.54. The van der Waals surface area contributed by atoms with Crippen LogP contribution in [0, 0.1) is 0 Å². The topological polar surface area (TPSA) is 56.9 Å². The molecule has 2 N–H and O–H groups in total. The molecule has 1 aromatic heterocycles. The monoisotopic (exact) mass is 137 g/mol. The van der Waals surface area contributed by atoms with E-state index in [1.807, 2.05) is 0 Å². The third-order valence-electron chi connectivity index (χ3n) is 1.19. The minimum atomic E-state index is 0.175. The molecule has 1 rings (SSSR count). The van der Waals surface area contributed by atoms with Crippen LogP contribution < -0.4 is 5.73 Å². The quantitative estimate of drug-likeness (QED) is 0.649. The first-order valence-corrected chi connectivity index (χ1v) is 3.11. The van der Waals surface area contributed by atoms with E-state index < -0.39 is 0 Å². The van der Waals surface area contributed by atoms with E-state index in [1.54, 1.807) is 12.1 Å². The largest absolute Gasteiger partial charge is 0.506 e. The molecule has 0 amide bonds. The predicted molar refractivity (Wildman–Crippen MR) is 37.6 cm³/mol. The molecule has 0 unspecified atom stereocenters. The van der Waals surface area contributed by atoms with Crippen LogP contribution in [-0.4, -0.2) is 16.6 Å². The maximum Gasteiger partial charge on any atom is 0.133 e. The summed E-state index contributed by atoms with van der Waals surface area (Å²) in [4.78, 5) is 3.90. The number of rotatable bonds is 2. The van der Waals surface area contributed by atoms with Gasteiger partial charge >= 0.3 is 0 Å². The van der Waals surface area contributed by atoms with Crippen molar-refractivity contribution in [3.63, 3.8) is 0 Å². The summed E-state index contributed by atoms with van der Waals surface area (Å²) in [7, 11) is 0. The van der Waals surface area contributed by atoms with Crippen LogP contribution in [0.3, 0.4) is 0 Å². The highest BCUT2D eigenvalue weighted by Crippen LogP contribution is 2.05. The van der Waals surface area contributed by atoms with Crippen LogP contribution in [0.1, 0.15) is 5.69 Å². The van der Waals surface area contributed by atoms with Crippen molar-refractivity contribution in [2.45, 2.75) is 6.42 Å². The lowest BCUT2D eigenvalue weighted by molar-refractivity contribution is 0.472. The molecule has 0 aliphatic rings. The average molecular weight is 137 g/mol. The maximum absolute atomic E-state index is 8.82. The Morgan fingerprint density at radius 3 is 2.80 bits per heavy atom. The van der Waals surface area contributed by atoms with Gasteiger partial charge in [0.05, 0.1) is 6.20 Å². The Bertz CT molecular complexity index is 195. The van der Waals surface area contributed by atoms with Gasteiger partial charge in [0.2, 0.25) is 0 Å². The summed E-state index contributed by atoms with van der Waals surface area (Å²) in [6.45, 7) is 0.345. The lowest BCUT2D eigenvalue weighted by Crippen LogP contribution is -1.94. The second-order valence-corrected chi connectivity index (χ2v) is 2.01. The van der Waals surface area contributed by atoms with Crippen LogP contribution in [0.4, 0.5) is 0 Å². The zero-order valence-electron chi connectivity index (χ0n) is 5.54. The van der Waals surface area contributed by atoms with E-state index in [0.717, 1.165) is 5.69 Å². The van der Waals surface area contributed by atoms with E-state index >= 15 is 0 Å². The van der Waals surface area contributed by atoms with Gasteiger partial charge in [0.15, 0.2) is 0 Å². The molecule has 0 fully saturated rings. The molecule has 0 saturated carbocycles. The minimum Gasteiger partial charge on any atom is -0.506 e. The summed E-state index contributed by atoms with van der Waals surface area (Å²) in [5.41, 5.74) is 7.75. The van der Waals surface area contributed by atoms with E-state index in [-0.39, 0.29) is 5.75 Å². The van der Waals surface area contributed by atoms with Gasteiger partial charge in [-0.05, 0) is 12.1 Å². The fourth-order valence-corrected chi connectivity index (χ4v) is 0.693. The molecule has 3 heteroatoms. The van der Waals surface area contributed by atoms with E-state index in [9.17, 15) is 0 Å². The van der Waals surface area contributed by atoms with Gasteiger partial charge in [-0.1, -0.05) is 0 Å². The number of hydrogen-bond donors (Lipinski definition) is 1. The van der Waals surface area contributed by atoms with Gasteiger partial charge in [-0.15, -0.1) is 0 Å². The van der Waals surface area contributed by atoms with Gasteiger partial charge in [-0.3, -0.25) is 10.7 Å². The number of aromatic hydroxyl groups is 1. The fourth-order valence-electron chi connectivity index (χ4n) is 0.693. The average Bonchev–Trinajstić information content (AvgIpc) is 1.95. The van der Waals surface area contributed by atoms with Crippen LogP contribution in [0.25, 0.3) is 0 Å². The van der Waals surface area contributed by atoms with E-state index in [1.165, 1.54) is 6.20 Å². The SMILES string of the molecule is [NH]CCc1ccc(O)cn1. The molecule has 0 atom stereocenters. The molecule has 1 aromatic rings. The second-order valence-electron chi connectivity index (χ2n) is 2.01. The first-order chi connectivity index (χ1) is 4.83. The molecular weight excluding hydrogens is 128 g/mol. The molecule has 53 valence electrons. The molecule has 0 bridgehead atoms. The van der Waals surface area contributed by atoms with Gasteiger partial charge in [0, 0.05) is 18.7 Å². The first-order valence-electron chi connectivity index (χ1n) is 3.11. The minimum absolute atomic E-state index is 0.175. The second kappa shape index (κ2) is 3.17. The summed E-state index contributed by atoms with van der Waals surface area (Å²) in [5.74, 6) is 0.175. The third-order valence-corrected chi connectivity index (χ3v) is 1.19.